The molecule has 0 N–H and O–H groups in total. The number of amidine groups is 1. The SMILES string of the molecule is C[C@H]1CSC(N(C(=O)COc2cccc(F)c2)c2ccc(Cl)cc2)=N1. The Morgan fingerprint density at radius 2 is 2.12 bits per heavy atom. The number of carbonyl (C=O) groups is 1. The molecule has 130 valence electrons. The van der Waals surface area contributed by atoms with Gasteiger partial charge in [-0.05, 0) is 43.3 Å². The molecule has 1 heterocycles. The second kappa shape index (κ2) is 7.89. The van der Waals surface area contributed by atoms with E-state index in [2.05, 4.69) is 4.99 Å². The first-order valence-electron chi connectivity index (χ1n) is 7.70. The average Bonchev–Trinajstić information content (AvgIpc) is 3.01. The van der Waals surface area contributed by atoms with Gasteiger partial charge in [0.15, 0.2) is 11.8 Å². The fourth-order valence-electron chi connectivity index (χ4n) is 2.30. The highest BCUT2D eigenvalue weighted by molar-refractivity contribution is 8.14. The summed E-state index contributed by atoms with van der Waals surface area (Å²) >= 11 is 7.45. The Labute approximate surface area is 154 Å². The van der Waals surface area contributed by atoms with Crippen molar-refractivity contribution in [2.45, 2.75) is 13.0 Å². The van der Waals surface area contributed by atoms with Gasteiger partial charge in [-0.25, -0.2) is 4.39 Å². The van der Waals surface area contributed by atoms with Crippen LogP contribution in [0.4, 0.5) is 10.1 Å². The van der Waals surface area contributed by atoms with Crippen LogP contribution in [0, 0.1) is 5.82 Å². The standard InChI is InChI=1S/C18H16ClFN2O2S/c1-12-11-25-18(21-12)22(15-7-5-13(19)6-8-15)17(23)10-24-16-4-2-3-14(20)9-16/h2-9,12H,10-11H2,1H3/t12-/m0/s1. The predicted molar refractivity (Wildman–Crippen MR) is 100 cm³/mol. The second-order valence-corrected chi connectivity index (χ2v) is 6.95. The number of nitrogens with zero attached hydrogens (tertiary/aromatic N) is 2. The van der Waals surface area contributed by atoms with Crippen LogP contribution in [-0.4, -0.2) is 29.5 Å². The summed E-state index contributed by atoms with van der Waals surface area (Å²) in [6.07, 6.45) is 0. The zero-order chi connectivity index (χ0) is 17.8. The molecular weight excluding hydrogens is 363 g/mol. The Hall–Kier alpha value is -2.05. The van der Waals surface area contributed by atoms with Crippen molar-refractivity contribution in [3.05, 3.63) is 59.4 Å². The maximum atomic E-state index is 13.2. The summed E-state index contributed by atoms with van der Waals surface area (Å²) in [6, 6.07) is 12.8. The third-order valence-corrected chi connectivity index (χ3v) is 4.92. The van der Waals surface area contributed by atoms with Gasteiger partial charge in [-0.1, -0.05) is 29.4 Å². The Bertz CT molecular complexity index is 798. The van der Waals surface area contributed by atoms with Crippen molar-refractivity contribution in [2.24, 2.45) is 4.99 Å². The van der Waals surface area contributed by atoms with Gasteiger partial charge in [0.1, 0.15) is 11.6 Å². The number of halogens is 2. The van der Waals surface area contributed by atoms with Crippen molar-refractivity contribution in [1.82, 2.24) is 0 Å². The molecule has 0 radical (unpaired) electrons. The molecule has 0 fully saturated rings. The van der Waals surface area contributed by atoms with E-state index < -0.39 is 5.82 Å². The van der Waals surface area contributed by atoms with Crippen molar-refractivity contribution in [1.29, 1.82) is 0 Å². The number of amides is 1. The molecule has 2 aromatic carbocycles. The topological polar surface area (TPSA) is 41.9 Å². The van der Waals surface area contributed by atoms with Crippen LogP contribution in [-0.2, 0) is 4.79 Å². The monoisotopic (exact) mass is 378 g/mol. The number of hydrogen-bond donors (Lipinski definition) is 0. The van der Waals surface area contributed by atoms with Gasteiger partial charge < -0.3 is 4.74 Å². The van der Waals surface area contributed by atoms with E-state index in [1.807, 2.05) is 6.92 Å². The molecule has 25 heavy (non-hydrogen) atoms. The molecule has 1 aliphatic heterocycles. The molecule has 0 saturated carbocycles. The van der Waals surface area contributed by atoms with Gasteiger partial charge in [-0.15, -0.1) is 0 Å². The van der Waals surface area contributed by atoms with Gasteiger partial charge in [0.2, 0.25) is 0 Å². The molecule has 2 aromatic rings. The predicted octanol–water partition coefficient (Wildman–Crippen LogP) is 4.38. The lowest BCUT2D eigenvalue weighted by atomic mass is 10.3. The van der Waals surface area contributed by atoms with Gasteiger partial charge in [0.25, 0.3) is 5.91 Å². The first kappa shape index (κ1) is 17.8. The molecule has 1 amide bonds. The van der Waals surface area contributed by atoms with E-state index in [0.717, 1.165) is 5.75 Å². The third-order valence-electron chi connectivity index (χ3n) is 3.47. The zero-order valence-corrected chi connectivity index (χ0v) is 15.1. The lowest BCUT2D eigenvalue weighted by molar-refractivity contribution is -0.119. The van der Waals surface area contributed by atoms with Gasteiger partial charge in [-0.3, -0.25) is 14.7 Å². The molecular formula is C18H16ClFN2O2S. The van der Waals surface area contributed by atoms with E-state index in [1.54, 1.807) is 30.3 Å². The summed E-state index contributed by atoms with van der Waals surface area (Å²) in [6.45, 7) is 1.77. The number of aliphatic imine (C=N–C) groups is 1. The molecule has 0 saturated heterocycles. The second-order valence-electron chi connectivity index (χ2n) is 5.52. The van der Waals surface area contributed by atoms with Crippen molar-refractivity contribution in [3.8, 4) is 5.75 Å². The van der Waals surface area contributed by atoms with Gasteiger partial charge >= 0.3 is 0 Å². The summed E-state index contributed by atoms with van der Waals surface area (Å²) in [7, 11) is 0. The van der Waals surface area contributed by atoms with Crippen LogP contribution >= 0.6 is 23.4 Å². The van der Waals surface area contributed by atoms with E-state index in [-0.39, 0.29) is 18.6 Å². The minimum absolute atomic E-state index is 0.145. The van der Waals surface area contributed by atoms with E-state index >= 15 is 0 Å². The number of anilines is 1. The smallest absolute Gasteiger partial charge is 0.271 e. The minimum Gasteiger partial charge on any atom is -0.484 e. The largest absolute Gasteiger partial charge is 0.484 e. The molecule has 0 unspecified atom stereocenters. The molecule has 4 nitrogen and oxygen atoms in total. The quantitative estimate of drug-likeness (QED) is 0.792. The number of carbonyl (C=O) groups excluding carboxylic acids is 1. The van der Waals surface area contributed by atoms with Crippen LogP contribution in [0.3, 0.4) is 0 Å². The highest BCUT2D eigenvalue weighted by atomic mass is 35.5. The van der Waals surface area contributed by atoms with Gasteiger partial charge in [-0.2, -0.15) is 0 Å². The number of thioether (sulfide) groups is 1. The number of hydrogen-bond acceptors (Lipinski definition) is 4. The lowest BCUT2D eigenvalue weighted by Crippen LogP contribution is -2.38. The fourth-order valence-corrected chi connectivity index (χ4v) is 3.48. The first-order valence-corrected chi connectivity index (χ1v) is 9.07. The minimum atomic E-state index is -0.413. The van der Waals surface area contributed by atoms with Crippen molar-refractivity contribution < 1.29 is 13.9 Å². The third kappa shape index (κ3) is 4.52. The average molecular weight is 379 g/mol. The van der Waals surface area contributed by atoms with Gasteiger partial charge in [0, 0.05) is 16.8 Å². The van der Waals surface area contributed by atoms with Crippen LogP contribution < -0.4 is 9.64 Å². The van der Waals surface area contributed by atoms with E-state index in [4.69, 9.17) is 16.3 Å². The Balaban J connectivity index is 1.80. The lowest BCUT2D eigenvalue weighted by Gasteiger charge is -2.22. The van der Waals surface area contributed by atoms with Crippen LogP contribution in [0.25, 0.3) is 0 Å². The van der Waals surface area contributed by atoms with Gasteiger partial charge in [0.05, 0.1) is 11.7 Å². The molecule has 0 bridgehead atoms. The van der Waals surface area contributed by atoms with E-state index in [1.165, 1.54) is 34.9 Å². The summed E-state index contributed by atoms with van der Waals surface area (Å²) in [4.78, 5) is 18.8. The Morgan fingerprint density at radius 3 is 2.76 bits per heavy atom. The number of ether oxygens (including phenoxy) is 1. The summed E-state index contributed by atoms with van der Waals surface area (Å²) in [5.74, 6) is 0.423. The van der Waals surface area contributed by atoms with Crippen molar-refractivity contribution >= 4 is 40.1 Å². The number of benzene rings is 2. The fraction of sp³-hybridized carbons (Fsp3) is 0.222. The van der Waals surface area contributed by atoms with Crippen molar-refractivity contribution in [2.75, 3.05) is 17.3 Å². The van der Waals surface area contributed by atoms with E-state index in [0.29, 0.717) is 21.6 Å². The molecule has 1 atom stereocenters. The van der Waals surface area contributed by atoms with Crippen LogP contribution in [0.2, 0.25) is 5.02 Å². The van der Waals surface area contributed by atoms with Crippen molar-refractivity contribution in [3.63, 3.8) is 0 Å². The summed E-state index contributed by atoms with van der Waals surface area (Å²) in [5, 5.41) is 1.21. The Morgan fingerprint density at radius 1 is 1.36 bits per heavy atom. The zero-order valence-electron chi connectivity index (χ0n) is 13.5. The maximum Gasteiger partial charge on any atom is 0.271 e. The molecule has 0 aromatic heterocycles. The summed E-state index contributed by atoms with van der Waals surface area (Å²) < 4.78 is 18.7. The molecule has 1 aliphatic rings. The highest BCUT2D eigenvalue weighted by Crippen LogP contribution is 2.27. The van der Waals surface area contributed by atoms with E-state index in [9.17, 15) is 9.18 Å². The normalized spacial score (nSPS) is 16.4. The molecule has 7 heteroatoms. The summed E-state index contributed by atoms with van der Waals surface area (Å²) in [5.41, 5.74) is 0.664. The van der Waals surface area contributed by atoms with Crippen LogP contribution in [0.15, 0.2) is 53.5 Å². The van der Waals surface area contributed by atoms with Crippen LogP contribution in [0.5, 0.6) is 5.75 Å². The number of rotatable bonds is 4. The van der Waals surface area contributed by atoms with Crippen LogP contribution in [0.1, 0.15) is 6.92 Å². The first-order chi connectivity index (χ1) is 12.0. The molecule has 0 spiro atoms. The molecule has 3 rings (SSSR count). The molecule has 0 aliphatic carbocycles. The maximum absolute atomic E-state index is 13.2. The highest BCUT2D eigenvalue weighted by Gasteiger charge is 2.27. The Kier molecular flexibility index (Phi) is 5.60.